The molecular weight excluding hydrogens is 128 g/mol. The summed E-state index contributed by atoms with van der Waals surface area (Å²) in [5, 5.41) is 0.742. The van der Waals surface area contributed by atoms with Crippen molar-refractivity contribution in [2.24, 2.45) is 0 Å². The van der Waals surface area contributed by atoms with E-state index in [1.165, 1.54) is 5.75 Å². The summed E-state index contributed by atoms with van der Waals surface area (Å²) in [6.07, 6.45) is 1.76. The van der Waals surface area contributed by atoms with Crippen LogP contribution in [-0.2, 0) is 10.8 Å². The lowest BCUT2D eigenvalue weighted by molar-refractivity contribution is 0.687. The van der Waals surface area contributed by atoms with Crippen LogP contribution in [0.3, 0.4) is 0 Å². The molecule has 0 spiro atoms. The second-order valence-corrected chi connectivity index (χ2v) is 4.51. The van der Waals surface area contributed by atoms with Gasteiger partial charge < -0.3 is 0 Å². The molecule has 0 aliphatic carbocycles. The van der Waals surface area contributed by atoms with Crippen molar-refractivity contribution < 1.29 is 4.21 Å². The first kappa shape index (κ1) is 5.63. The van der Waals surface area contributed by atoms with Crippen molar-refractivity contribution >= 4 is 22.6 Å². The Kier molecular flexibility index (Phi) is 1.75. The fourth-order valence-electron chi connectivity index (χ4n) is 0.426. The summed E-state index contributed by atoms with van der Waals surface area (Å²) in [5.41, 5.74) is 0. The van der Waals surface area contributed by atoms with Gasteiger partial charge in [0, 0.05) is 33.8 Å². The van der Waals surface area contributed by atoms with Crippen molar-refractivity contribution in [1.29, 1.82) is 0 Å². The van der Waals surface area contributed by atoms with E-state index < -0.39 is 10.8 Å². The van der Waals surface area contributed by atoms with Crippen molar-refractivity contribution in [1.82, 2.24) is 0 Å². The molecule has 1 saturated heterocycles. The van der Waals surface area contributed by atoms with Crippen LogP contribution in [0.2, 0.25) is 0 Å². The van der Waals surface area contributed by atoms with Gasteiger partial charge in [-0.1, -0.05) is 0 Å². The molecule has 0 radical (unpaired) electrons. The van der Waals surface area contributed by atoms with E-state index in [0.717, 1.165) is 11.0 Å². The third kappa shape index (κ3) is 2.34. The fraction of sp³-hybridized carbons (Fsp3) is 1.00. The lowest BCUT2D eigenvalue weighted by Crippen LogP contribution is -1.98. The Bertz CT molecular complexity index is 87.7. The average molecular weight is 136 g/mol. The molecule has 0 bridgehead atoms. The highest BCUT2D eigenvalue weighted by molar-refractivity contribution is 8.07. The third-order valence-corrected chi connectivity index (χ3v) is 2.88. The minimum Gasteiger partial charge on any atom is -0.260 e. The molecule has 1 heterocycles. The van der Waals surface area contributed by atoms with E-state index in [-0.39, 0.29) is 0 Å². The zero-order valence-electron chi connectivity index (χ0n) is 4.22. The number of rotatable bonds is 2. The van der Waals surface area contributed by atoms with Gasteiger partial charge in [0.1, 0.15) is 0 Å². The van der Waals surface area contributed by atoms with Gasteiger partial charge in [-0.25, -0.2) is 0 Å². The van der Waals surface area contributed by atoms with Gasteiger partial charge in [-0.05, 0) is 0 Å². The van der Waals surface area contributed by atoms with Crippen LogP contribution in [0.5, 0.6) is 0 Å². The number of hydrogen-bond donors (Lipinski definition) is 0. The van der Waals surface area contributed by atoms with E-state index in [1.807, 2.05) is 11.8 Å². The Labute approximate surface area is 50.3 Å². The summed E-state index contributed by atoms with van der Waals surface area (Å²) < 4.78 is 10.4. The molecule has 1 fully saturated rings. The van der Waals surface area contributed by atoms with Crippen LogP contribution in [0.25, 0.3) is 0 Å². The van der Waals surface area contributed by atoms with E-state index in [1.54, 1.807) is 6.26 Å². The van der Waals surface area contributed by atoms with Gasteiger partial charge in [-0.2, -0.15) is 11.8 Å². The summed E-state index contributed by atoms with van der Waals surface area (Å²) in [6, 6.07) is 0. The molecule has 3 heteroatoms. The second kappa shape index (κ2) is 2.18. The number of thioether (sulfide) groups is 1. The van der Waals surface area contributed by atoms with Crippen molar-refractivity contribution in [2.45, 2.75) is 5.25 Å². The van der Waals surface area contributed by atoms with E-state index in [2.05, 4.69) is 0 Å². The highest BCUT2D eigenvalue weighted by Crippen LogP contribution is 2.30. The second-order valence-electron chi connectivity index (χ2n) is 1.70. The molecule has 0 aromatic carbocycles. The zero-order chi connectivity index (χ0) is 5.28. The monoisotopic (exact) mass is 136 g/mol. The molecule has 1 unspecified atom stereocenters. The first-order chi connectivity index (χ1) is 3.29. The maximum atomic E-state index is 10.4. The Morgan fingerprint density at radius 2 is 2.57 bits per heavy atom. The molecule has 0 aromatic rings. The normalized spacial score (nSPS) is 32.4. The quantitative estimate of drug-likeness (QED) is 0.514. The maximum Gasteiger partial charge on any atom is 0.0359 e. The van der Waals surface area contributed by atoms with E-state index in [0.29, 0.717) is 0 Å². The minimum absolute atomic E-state index is 0.554. The lowest BCUT2D eigenvalue weighted by Gasteiger charge is -1.84. The van der Waals surface area contributed by atoms with E-state index in [4.69, 9.17) is 0 Å². The van der Waals surface area contributed by atoms with Gasteiger partial charge in [-0.15, -0.1) is 0 Å². The van der Waals surface area contributed by atoms with Crippen molar-refractivity contribution in [3.05, 3.63) is 0 Å². The van der Waals surface area contributed by atoms with Crippen molar-refractivity contribution in [3.8, 4) is 0 Å². The lowest BCUT2D eigenvalue weighted by atomic mass is 10.6. The molecular formula is C4H8OS2. The van der Waals surface area contributed by atoms with Crippen LogP contribution in [0, 0.1) is 0 Å². The van der Waals surface area contributed by atoms with Crippen molar-refractivity contribution in [3.63, 3.8) is 0 Å². The van der Waals surface area contributed by atoms with Crippen LogP contribution < -0.4 is 0 Å². The summed E-state index contributed by atoms with van der Waals surface area (Å²) >= 11 is 1.90. The minimum atomic E-state index is -0.554. The SMILES string of the molecule is CS(=O)C[C@H]1CS1. The van der Waals surface area contributed by atoms with Crippen molar-refractivity contribution in [2.75, 3.05) is 17.8 Å². The van der Waals surface area contributed by atoms with Crippen LogP contribution in [0.1, 0.15) is 0 Å². The molecule has 0 saturated carbocycles. The van der Waals surface area contributed by atoms with Gasteiger partial charge in [0.15, 0.2) is 0 Å². The Hall–Kier alpha value is 0.500. The molecule has 42 valence electrons. The Morgan fingerprint density at radius 3 is 2.71 bits per heavy atom. The number of hydrogen-bond acceptors (Lipinski definition) is 2. The molecule has 2 atom stereocenters. The first-order valence-electron chi connectivity index (χ1n) is 2.20. The summed E-state index contributed by atoms with van der Waals surface area (Å²) in [4.78, 5) is 0. The maximum absolute atomic E-state index is 10.4. The van der Waals surface area contributed by atoms with Crippen LogP contribution >= 0.6 is 11.8 Å². The summed E-state index contributed by atoms with van der Waals surface area (Å²) in [6.45, 7) is 0. The van der Waals surface area contributed by atoms with Gasteiger partial charge in [-0.3, -0.25) is 4.21 Å². The molecule has 1 rings (SSSR count). The largest absolute Gasteiger partial charge is 0.260 e. The zero-order valence-corrected chi connectivity index (χ0v) is 5.85. The molecule has 7 heavy (non-hydrogen) atoms. The Balaban J connectivity index is 2.08. The average Bonchev–Trinajstić information content (AvgIpc) is 2.17. The van der Waals surface area contributed by atoms with E-state index >= 15 is 0 Å². The van der Waals surface area contributed by atoms with Gasteiger partial charge in [0.05, 0.1) is 0 Å². The highest BCUT2D eigenvalue weighted by Gasteiger charge is 2.22. The van der Waals surface area contributed by atoms with Crippen LogP contribution in [0.4, 0.5) is 0 Å². The first-order valence-corrected chi connectivity index (χ1v) is 4.98. The molecule has 1 aliphatic rings. The summed E-state index contributed by atoms with van der Waals surface area (Å²) in [7, 11) is -0.554. The standard InChI is InChI=1S/C4H8OS2/c1-7(5)3-4-2-6-4/h4H,2-3H2,1H3/t4-,7?/m1/s1. The predicted molar refractivity (Wildman–Crippen MR) is 35.2 cm³/mol. The smallest absolute Gasteiger partial charge is 0.0359 e. The summed E-state index contributed by atoms with van der Waals surface area (Å²) in [5.74, 6) is 2.14. The molecule has 0 amide bonds. The molecule has 1 nitrogen and oxygen atoms in total. The van der Waals surface area contributed by atoms with Gasteiger partial charge in [0.25, 0.3) is 0 Å². The molecule has 0 aromatic heterocycles. The Morgan fingerprint density at radius 1 is 2.00 bits per heavy atom. The van der Waals surface area contributed by atoms with Gasteiger partial charge in [0.2, 0.25) is 0 Å². The third-order valence-electron chi connectivity index (χ3n) is 0.823. The van der Waals surface area contributed by atoms with Crippen LogP contribution in [-0.4, -0.2) is 27.2 Å². The molecule has 1 aliphatic heterocycles. The molecule has 0 N–H and O–H groups in total. The predicted octanol–water partition coefficient (Wildman–Crippen LogP) is 0.480. The fourth-order valence-corrected chi connectivity index (χ4v) is 2.43. The highest BCUT2D eigenvalue weighted by atomic mass is 32.2. The van der Waals surface area contributed by atoms with Crippen LogP contribution in [0.15, 0.2) is 0 Å². The topological polar surface area (TPSA) is 17.1 Å². The van der Waals surface area contributed by atoms with E-state index in [9.17, 15) is 4.21 Å². The van der Waals surface area contributed by atoms with Gasteiger partial charge >= 0.3 is 0 Å².